The Labute approximate surface area is 230 Å². The molecule has 11 heteroatoms. The molecule has 0 N–H and O–H groups in total. The van der Waals surface area contributed by atoms with Crippen molar-refractivity contribution in [3.05, 3.63) is 97.2 Å². The van der Waals surface area contributed by atoms with E-state index in [2.05, 4.69) is 4.90 Å². The summed E-state index contributed by atoms with van der Waals surface area (Å²) in [5.41, 5.74) is 0.911. The maximum absolute atomic E-state index is 13.7. The van der Waals surface area contributed by atoms with Crippen molar-refractivity contribution in [2.75, 3.05) is 45.9 Å². The van der Waals surface area contributed by atoms with Crippen LogP contribution in [0, 0.1) is 10.1 Å². The van der Waals surface area contributed by atoms with E-state index in [0.717, 1.165) is 29.6 Å². The van der Waals surface area contributed by atoms with Crippen molar-refractivity contribution < 1.29 is 19.2 Å². The highest BCUT2D eigenvalue weighted by Crippen LogP contribution is 2.24. The minimum atomic E-state index is -0.564. The summed E-state index contributed by atoms with van der Waals surface area (Å²) in [6, 6.07) is 17.4. The highest BCUT2D eigenvalue weighted by molar-refractivity contribution is 7.09. The van der Waals surface area contributed by atoms with E-state index in [-0.39, 0.29) is 28.7 Å². The van der Waals surface area contributed by atoms with Crippen LogP contribution in [0.25, 0.3) is 0 Å². The predicted octanol–water partition coefficient (Wildman–Crippen LogP) is 4.31. The molecule has 0 bridgehead atoms. The number of carbonyl (C=O) groups is 2. The largest absolute Gasteiger partial charge is 0.379 e. The van der Waals surface area contributed by atoms with Crippen molar-refractivity contribution in [2.24, 2.45) is 0 Å². The van der Waals surface area contributed by atoms with E-state index in [4.69, 9.17) is 16.3 Å². The fourth-order valence-electron chi connectivity index (χ4n) is 4.19. The Morgan fingerprint density at radius 3 is 2.45 bits per heavy atom. The third-order valence-corrected chi connectivity index (χ3v) is 7.47. The molecule has 38 heavy (non-hydrogen) atoms. The second kappa shape index (κ2) is 13.5. The summed E-state index contributed by atoms with van der Waals surface area (Å²) < 4.78 is 5.42. The number of thiophene rings is 1. The molecule has 9 nitrogen and oxygen atoms in total. The number of nitro groups is 1. The number of hydrogen-bond acceptors (Lipinski definition) is 7. The van der Waals surface area contributed by atoms with E-state index in [0.29, 0.717) is 39.4 Å². The van der Waals surface area contributed by atoms with E-state index < -0.39 is 10.8 Å². The summed E-state index contributed by atoms with van der Waals surface area (Å²) in [4.78, 5) is 44.3. The van der Waals surface area contributed by atoms with E-state index in [9.17, 15) is 19.7 Å². The Kier molecular flexibility index (Phi) is 9.83. The lowest BCUT2D eigenvalue weighted by atomic mass is 10.1. The van der Waals surface area contributed by atoms with Gasteiger partial charge in [0.15, 0.2) is 0 Å². The fourth-order valence-corrected chi connectivity index (χ4v) is 5.17. The van der Waals surface area contributed by atoms with E-state index in [1.54, 1.807) is 16.2 Å². The Bertz CT molecular complexity index is 1240. The molecule has 3 aromatic rings. The van der Waals surface area contributed by atoms with Gasteiger partial charge >= 0.3 is 0 Å². The summed E-state index contributed by atoms with van der Waals surface area (Å²) in [6.45, 7) is 4.27. The molecule has 1 saturated heterocycles. The molecule has 4 rings (SSSR count). The van der Waals surface area contributed by atoms with Crippen LogP contribution < -0.4 is 0 Å². The molecule has 1 fully saturated rings. The van der Waals surface area contributed by atoms with Crippen LogP contribution in [0.2, 0.25) is 5.02 Å². The van der Waals surface area contributed by atoms with Gasteiger partial charge in [-0.05, 0) is 23.1 Å². The van der Waals surface area contributed by atoms with Crippen molar-refractivity contribution in [1.29, 1.82) is 0 Å². The second-order valence-corrected chi connectivity index (χ2v) is 10.4. The molecular weight excluding hydrogens is 528 g/mol. The topological polar surface area (TPSA) is 96.2 Å². The first-order valence-electron chi connectivity index (χ1n) is 12.3. The lowest BCUT2D eigenvalue weighted by Crippen LogP contribution is -2.47. The Balaban J connectivity index is 1.55. The third kappa shape index (κ3) is 7.61. The van der Waals surface area contributed by atoms with Gasteiger partial charge in [-0.2, -0.15) is 0 Å². The van der Waals surface area contributed by atoms with Gasteiger partial charge in [0, 0.05) is 49.7 Å². The Morgan fingerprint density at radius 2 is 1.79 bits per heavy atom. The molecule has 2 heterocycles. The van der Waals surface area contributed by atoms with Crippen molar-refractivity contribution in [3.8, 4) is 0 Å². The van der Waals surface area contributed by atoms with Gasteiger partial charge in [-0.1, -0.05) is 48.0 Å². The van der Waals surface area contributed by atoms with Gasteiger partial charge in [-0.3, -0.25) is 24.6 Å². The van der Waals surface area contributed by atoms with Gasteiger partial charge in [0.1, 0.15) is 6.54 Å². The number of hydrogen-bond donors (Lipinski definition) is 0. The standard InChI is InChI=1S/C27H29ClN4O5S/c28-25-17-22(32(35)36)8-9-24(25)27(34)30(11-10-29-12-14-37-15-13-29)20-26(33)31(19-23-7-4-16-38-23)18-21-5-2-1-3-6-21/h1-9,16-17H,10-15,18-20H2. The molecule has 1 aromatic heterocycles. The maximum atomic E-state index is 13.7. The third-order valence-electron chi connectivity index (χ3n) is 6.29. The fraction of sp³-hybridized carbons (Fsp3) is 0.333. The molecule has 1 aliphatic rings. The maximum Gasteiger partial charge on any atom is 0.270 e. The van der Waals surface area contributed by atoms with Gasteiger partial charge in [-0.25, -0.2) is 0 Å². The summed E-state index contributed by atoms with van der Waals surface area (Å²) in [6.07, 6.45) is 0. The number of nitrogens with zero attached hydrogens (tertiary/aromatic N) is 4. The zero-order chi connectivity index (χ0) is 26.9. The number of halogens is 1. The number of morpholine rings is 1. The lowest BCUT2D eigenvalue weighted by molar-refractivity contribution is -0.384. The van der Waals surface area contributed by atoms with E-state index in [1.807, 2.05) is 47.8 Å². The molecular formula is C27H29ClN4O5S. The average Bonchev–Trinajstić information content (AvgIpc) is 3.44. The first-order valence-corrected chi connectivity index (χ1v) is 13.5. The molecule has 0 unspecified atom stereocenters. The smallest absolute Gasteiger partial charge is 0.270 e. The van der Waals surface area contributed by atoms with Crippen molar-refractivity contribution >= 4 is 40.4 Å². The Hall–Kier alpha value is -3.31. The van der Waals surface area contributed by atoms with Gasteiger partial charge in [0.05, 0.1) is 35.3 Å². The van der Waals surface area contributed by atoms with Gasteiger partial charge in [0.2, 0.25) is 5.91 Å². The number of carbonyl (C=O) groups excluding carboxylic acids is 2. The van der Waals surface area contributed by atoms with Crippen LogP contribution >= 0.6 is 22.9 Å². The number of amides is 2. The second-order valence-electron chi connectivity index (χ2n) is 8.92. The SMILES string of the molecule is O=C(CN(CCN1CCOCC1)C(=O)c1ccc([N+](=O)[O-])cc1Cl)N(Cc1ccccc1)Cc1cccs1. The zero-order valence-corrected chi connectivity index (χ0v) is 22.4. The molecule has 0 aliphatic carbocycles. The molecule has 0 saturated carbocycles. The number of ether oxygens (including phenoxy) is 1. The van der Waals surface area contributed by atoms with Crippen LogP contribution in [0.3, 0.4) is 0 Å². The van der Waals surface area contributed by atoms with Crippen molar-refractivity contribution in [1.82, 2.24) is 14.7 Å². The van der Waals surface area contributed by atoms with Gasteiger partial charge in [-0.15, -0.1) is 11.3 Å². The van der Waals surface area contributed by atoms with Crippen LogP contribution in [-0.4, -0.2) is 77.4 Å². The number of nitro benzene ring substituents is 1. The lowest BCUT2D eigenvalue weighted by Gasteiger charge is -2.31. The first-order chi connectivity index (χ1) is 18.4. The summed E-state index contributed by atoms with van der Waals surface area (Å²) in [7, 11) is 0. The minimum absolute atomic E-state index is 0.0206. The van der Waals surface area contributed by atoms with Crippen LogP contribution in [0.5, 0.6) is 0 Å². The summed E-state index contributed by atoms with van der Waals surface area (Å²) in [5.74, 6) is -0.641. The van der Waals surface area contributed by atoms with E-state index in [1.165, 1.54) is 17.0 Å². The monoisotopic (exact) mass is 556 g/mol. The minimum Gasteiger partial charge on any atom is -0.379 e. The predicted molar refractivity (Wildman–Crippen MR) is 146 cm³/mol. The molecule has 2 aromatic carbocycles. The number of benzene rings is 2. The van der Waals surface area contributed by atoms with Gasteiger partial charge < -0.3 is 14.5 Å². The highest BCUT2D eigenvalue weighted by atomic mass is 35.5. The van der Waals surface area contributed by atoms with Crippen molar-refractivity contribution in [2.45, 2.75) is 13.1 Å². The molecule has 0 radical (unpaired) electrons. The summed E-state index contributed by atoms with van der Waals surface area (Å²) in [5, 5.41) is 13.1. The molecule has 200 valence electrons. The van der Waals surface area contributed by atoms with Crippen LogP contribution in [-0.2, 0) is 22.6 Å². The number of non-ortho nitro benzene ring substituents is 1. The Morgan fingerprint density at radius 1 is 1.03 bits per heavy atom. The molecule has 0 spiro atoms. The van der Waals surface area contributed by atoms with Crippen molar-refractivity contribution in [3.63, 3.8) is 0 Å². The first kappa shape index (κ1) is 27.7. The molecule has 0 atom stereocenters. The average molecular weight is 557 g/mol. The van der Waals surface area contributed by atoms with Crippen LogP contribution in [0.4, 0.5) is 5.69 Å². The number of rotatable bonds is 11. The van der Waals surface area contributed by atoms with Crippen LogP contribution in [0.1, 0.15) is 20.8 Å². The molecule has 1 aliphatic heterocycles. The summed E-state index contributed by atoms with van der Waals surface area (Å²) >= 11 is 7.86. The quantitative estimate of drug-likeness (QED) is 0.258. The zero-order valence-electron chi connectivity index (χ0n) is 20.8. The molecule has 2 amide bonds. The van der Waals surface area contributed by atoms with Crippen LogP contribution in [0.15, 0.2) is 66.0 Å². The van der Waals surface area contributed by atoms with E-state index >= 15 is 0 Å². The highest BCUT2D eigenvalue weighted by Gasteiger charge is 2.26. The van der Waals surface area contributed by atoms with Gasteiger partial charge in [0.25, 0.3) is 11.6 Å². The normalized spacial score (nSPS) is 13.7.